The fourth-order valence-corrected chi connectivity index (χ4v) is 1.52. The molecule has 0 fully saturated rings. The monoisotopic (exact) mass is 216 g/mol. The quantitative estimate of drug-likeness (QED) is 0.669. The lowest BCUT2D eigenvalue weighted by molar-refractivity contribution is -0.131. The van der Waals surface area contributed by atoms with E-state index in [1.165, 1.54) is 0 Å². The van der Waals surface area contributed by atoms with E-state index in [9.17, 15) is 9.59 Å². The van der Waals surface area contributed by atoms with Gasteiger partial charge in [-0.05, 0) is 44.0 Å². The number of carbonyl (C=O) groups is 2. The van der Waals surface area contributed by atoms with Crippen molar-refractivity contribution in [2.75, 3.05) is 5.01 Å². The molecule has 16 heavy (non-hydrogen) atoms. The van der Waals surface area contributed by atoms with E-state index in [0.717, 1.165) is 16.1 Å². The molecule has 82 valence electrons. The van der Waals surface area contributed by atoms with Gasteiger partial charge < -0.3 is 0 Å². The van der Waals surface area contributed by atoms with Gasteiger partial charge in [0.2, 0.25) is 0 Å². The Balaban J connectivity index is 2.43. The Morgan fingerprint density at radius 3 is 2.25 bits per heavy atom. The highest BCUT2D eigenvalue weighted by Crippen LogP contribution is 2.22. The van der Waals surface area contributed by atoms with Crippen LogP contribution >= 0.6 is 0 Å². The van der Waals surface area contributed by atoms with Crippen molar-refractivity contribution >= 4 is 23.1 Å². The Morgan fingerprint density at radius 1 is 1.06 bits per heavy atom. The number of anilines is 1. The van der Waals surface area contributed by atoms with Gasteiger partial charge in [0.25, 0.3) is 5.78 Å². The summed E-state index contributed by atoms with van der Waals surface area (Å²) >= 11 is 0. The fraction of sp³-hybridized carbons (Fsp3) is 0.250. The normalized spacial score (nSPS) is 15.7. The third kappa shape index (κ3) is 1.52. The molecule has 0 bridgehead atoms. The number of carbonyl (C=O) groups excluding carboxylic acids is 2. The number of rotatable bonds is 1. The lowest BCUT2D eigenvalue weighted by atomic mass is 10.1. The van der Waals surface area contributed by atoms with Gasteiger partial charge in [0.15, 0.2) is 0 Å². The molecule has 1 aliphatic heterocycles. The Labute approximate surface area is 93.6 Å². The second-order valence-electron chi connectivity index (χ2n) is 3.90. The summed E-state index contributed by atoms with van der Waals surface area (Å²) in [4.78, 5) is 22.9. The van der Waals surface area contributed by atoms with Gasteiger partial charge in [-0.2, -0.15) is 10.1 Å². The van der Waals surface area contributed by atoms with Gasteiger partial charge in [-0.1, -0.05) is 6.07 Å². The highest BCUT2D eigenvalue weighted by atomic mass is 16.2. The van der Waals surface area contributed by atoms with E-state index in [-0.39, 0.29) is 5.71 Å². The molecule has 0 saturated carbocycles. The van der Waals surface area contributed by atoms with Crippen LogP contribution in [0.25, 0.3) is 0 Å². The molecule has 0 atom stereocenters. The Morgan fingerprint density at radius 2 is 1.75 bits per heavy atom. The minimum Gasteiger partial charge on any atom is -0.282 e. The van der Waals surface area contributed by atoms with Gasteiger partial charge in [0.05, 0.1) is 5.69 Å². The van der Waals surface area contributed by atoms with Crippen LogP contribution in [0.5, 0.6) is 0 Å². The van der Waals surface area contributed by atoms with Gasteiger partial charge in [0.1, 0.15) is 5.71 Å². The summed E-state index contributed by atoms with van der Waals surface area (Å²) in [5.74, 6) is -1.11. The van der Waals surface area contributed by atoms with Crippen LogP contribution in [0, 0.1) is 13.8 Å². The zero-order valence-corrected chi connectivity index (χ0v) is 9.44. The summed E-state index contributed by atoms with van der Waals surface area (Å²) in [6.45, 7) is 5.49. The third-order valence-corrected chi connectivity index (χ3v) is 2.70. The van der Waals surface area contributed by atoms with Gasteiger partial charge in [0, 0.05) is 0 Å². The van der Waals surface area contributed by atoms with Crippen LogP contribution in [0.15, 0.2) is 23.3 Å². The van der Waals surface area contributed by atoms with Crippen molar-refractivity contribution in [2.45, 2.75) is 20.8 Å². The zero-order chi connectivity index (χ0) is 11.9. The number of hydrogen-bond donors (Lipinski definition) is 0. The first-order valence-electron chi connectivity index (χ1n) is 5.02. The van der Waals surface area contributed by atoms with Crippen molar-refractivity contribution in [1.29, 1.82) is 0 Å². The molecule has 2 rings (SSSR count). The van der Waals surface area contributed by atoms with Crippen LogP contribution in [0.2, 0.25) is 0 Å². The Bertz CT molecular complexity index is 518. The molecule has 1 amide bonds. The number of nitrogens with zero attached hydrogens (tertiary/aromatic N) is 2. The molecule has 0 aromatic heterocycles. The molecule has 4 heteroatoms. The van der Waals surface area contributed by atoms with Crippen molar-refractivity contribution in [3.63, 3.8) is 0 Å². The third-order valence-electron chi connectivity index (χ3n) is 2.70. The first kappa shape index (κ1) is 10.5. The molecule has 1 aromatic carbocycles. The van der Waals surface area contributed by atoms with Crippen molar-refractivity contribution in [3.05, 3.63) is 29.3 Å². The van der Waals surface area contributed by atoms with Gasteiger partial charge in [-0.25, -0.2) is 0 Å². The molecule has 0 N–H and O–H groups in total. The molecule has 1 aliphatic rings. The smallest absolute Gasteiger partial charge is 0.282 e. The molecule has 0 saturated heterocycles. The molecule has 1 aromatic rings. The standard InChI is InChI=1S/C12H12N2O2/c1-7-4-5-10(6-8(7)2)14-12(16)11(15)9(3)13-14/h4-6H,1-3H3. The maximum Gasteiger partial charge on any atom is 0.321 e. The van der Waals surface area contributed by atoms with Crippen LogP contribution in [-0.4, -0.2) is 17.4 Å². The predicted octanol–water partition coefficient (Wildman–Crippen LogP) is 1.60. The minimum atomic E-state index is -0.583. The van der Waals surface area contributed by atoms with E-state index in [1.807, 2.05) is 26.0 Å². The molecule has 0 spiro atoms. The van der Waals surface area contributed by atoms with Gasteiger partial charge in [-0.15, -0.1) is 0 Å². The number of aryl methyl sites for hydroxylation is 2. The highest BCUT2D eigenvalue weighted by molar-refractivity contribution is 6.69. The summed E-state index contributed by atoms with van der Waals surface area (Å²) < 4.78 is 0. The number of hydrogen-bond acceptors (Lipinski definition) is 3. The number of hydrazone groups is 1. The first-order chi connectivity index (χ1) is 7.50. The topological polar surface area (TPSA) is 49.7 Å². The predicted molar refractivity (Wildman–Crippen MR) is 61.5 cm³/mol. The Hall–Kier alpha value is -1.97. The van der Waals surface area contributed by atoms with E-state index < -0.39 is 11.7 Å². The van der Waals surface area contributed by atoms with Crippen molar-refractivity contribution in [3.8, 4) is 0 Å². The summed E-state index contributed by atoms with van der Waals surface area (Å²) in [5, 5.41) is 5.10. The molecule has 1 heterocycles. The molecular formula is C12H12N2O2. The van der Waals surface area contributed by atoms with Crippen LogP contribution in [-0.2, 0) is 9.59 Å². The average molecular weight is 216 g/mol. The lowest BCUT2D eigenvalue weighted by Gasteiger charge is -2.12. The largest absolute Gasteiger partial charge is 0.321 e. The van der Waals surface area contributed by atoms with Crippen molar-refractivity contribution in [2.24, 2.45) is 5.10 Å². The van der Waals surface area contributed by atoms with Crippen molar-refractivity contribution < 1.29 is 9.59 Å². The lowest BCUT2D eigenvalue weighted by Crippen LogP contribution is -2.26. The molecule has 4 nitrogen and oxygen atoms in total. The van der Waals surface area contributed by atoms with Crippen LogP contribution in [0.1, 0.15) is 18.1 Å². The minimum absolute atomic E-state index is 0.239. The summed E-state index contributed by atoms with van der Waals surface area (Å²) in [7, 11) is 0. The number of Topliss-reactive ketones (excluding diaryl/α,β-unsaturated/α-hetero) is 1. The van der Waals surface area contributed by atoms with E-state index in [2.05, 4.69) is 5.10 Å². The summed E-state index contributed by atoms with van der Waals surface area (Å²) in [6.07, 6.45) is 0. The second kappa shape index (κ2) is 3.56. The SMILES string of the molecule is CC1=NN(c2ccc(C)c(C)c2)C(=O)C1=O. The van der Waals surface area contributed by atoms with E-state index in [1.54, 1.807) is 13.0 Å². The summed E-state index contributed by atoms with van der Waals surface area (Å²) in [6, 6.07) is 5.55. The van der Waals surface area contributed by atoms with E-state index in [0.29, 0.717) is 5.69 Å². The van der Waals surface area contributed by atoms with Crippen LogP contribution in [0.4, 0.5) is 5.69 Å². The van der Waals surface area contributed by atoms with Crippen LogP contribution < -0.4 is 5.01 Å². The van der Waals surface area contributed by atoms with E-state index in [4.69, 9.17) is 0 Å². The first-order valence-corrected chi connectivity index (χ1v) is 5.02. The highest BCUT2D eigenvalue weighted by Gasteiger charge is 2.32. The second-order valence-corrected chi connectivity index (χ2v) is 3.90. The van der Waals surface area contributed by atoms with Crippen molar-refractivity contribution in [1.82, 2.24) is 0 Å². The summed E-state index contributed by atoms with van der Waals surface area (Å²) in [5.41, 5.74) is 3.08. The maximum absolute atomic E-state index is 11.6. The molecular weight excluding hydrogens is 204 g/mol. The molecule has 0 radical (unpaired) electrons. The van der Waals surface area contributed by atoms with Crippen LogP contribution in [0.3, 0.4) is 0 Å². The number of ketones is 1. The van der Waals surface area contributed by atoms with Gasteiger partial charge in [-0.3, -0.25) is 9.59 Å². The fourth-order valence-electron chi connectivity index (χ4n) is 1.52. The Kier molecular flexibility index (Phi) is 2.34. The molecule has 0 aliphatic carbocycles. The zero-order valence-electron chi connectivity index (χ0n) is 9.44. The van der Waals surface area contributed by atoms with Gasteiger partial charge >= 0.3 is 5.91 Å². The van der Waals surface area contributed by atoms with E-state index >= 15 is 0 Å². The average Bonchev–Trinajstić information content (AvgIpc) is 2.50. The maximum atomic E-state index is 11.6. The number of amides is 1. The molecule has 0 unspecified atom stereocenters. The number of benzene rings is 1.